The number of aromatic nitrogens is 1. The van der Waals surface area contributed by atoms with Crippen molar-refractivity contribution in [3.05, 3.63) is 59.9 Å². The molecule has 1 aliphatic heterocycles. The zero-order chi connectivity index (χ0) is 18.9. The molecule has 0 saturated heterocycles. The van der Waals surface area contributed by atoms with Gasteiger partial charge in [-0.05, 0) is 24.3 Å². The van der Waals surface area contributed by atoms with Crippen LogP contribution in [0.25, 0.3) is 0 Å². The number of benzene rings is 1. The van der Waals surface area contributed by atoms with Crippen molar-refractivity contribution in [2.75, 3.05) is 7.11 Å². The highest BCUT2D eigenvalue weighted by molar-refractivity contribution is 5.99. The SMILES string of the molecule is COc1cccc(C2(O)CC(C(F)(F)F)=NN2C(=O)c2ccncc2)c1. The normalized spacial score (nSPS) is 20.0. The van der Waals surface area contributed by atoms with Crippen LogP contribution in [-0.2, 0) is 5.72 Å². The zero-order valence-corrected chi connectivity index (χ0v) is 13.6. The van der Waals surface area contributed by atoms with Crippen LogP contribution in [0.2, 0.25) is 0 Å². The number of hydrogen-bond acceptors (Lipinski definition) is 5. The topological polar surface area (TPSA) is 75.0 Å². The highest BCUT2D eigenvalue weighted by atomic mass is 19.4. The molecule has 1 aliphatic rings. The number of carbonyl (C=O) groups excluding carboxylic acids is 1. The van der Waals surface area contributed by atoms with Gasteiger partial charge in [-0.3, -0.25) is 9.78 Å². The lowest BCUT2D eigenvalue weighted by atomic mass is 9.96. The number of halogens is 3. The van der Waals surface area contributed by atoms with Crippen LogP contribution in [-0.4, -0.2) is 40.0 Å². The van der Waals surface area contributed by atoms with Crippen molar-refractivity contribution in [3.8, 4) is 5.75 Å². The number of hydrazone groups is 1. The molecular weight excluding hydrogens is 351 g/mol. The Kier molecular flexibility index (Phi) is 4.41. The van der Waals surface area contributed by atoms with Crippen LogP contribution in [0.5, 0.6) is 5.75 Å². The van der Waals surface area contributed by atoms with Crippen LogP contribution in [0.15, 0.2) is 53.9 Å². The number of carbonyl (C=O) groups is 1. The summed E-state index contributed by atoms with van der Waals surface area (Å²) in [4.78, 5) is 16.5. The summed E-state index contributed by atoms with van der Waals surface area (Å²) in [5.74, 6) is -0.551. The molecule has 1 aromatic carbocycles. The van der Waals surface area contributed by atoms with Gasteiger partial charge in [-0.25, -0.2) is 0 Å². The van der Waals surface area contributed by atoms with E-state index in [4.69, 9.17) is 4.74 Å². The Labute approximate surface area is 146 Å². The van der Waals surface area contributed by atoms with Crippen LogP contribution >= 0.6 is 0 Å². The molecule has 2 heterocycles. The summed E-state index contributed by atoms with van der Waals surface area (Å²) in [7, 11) is 1.38. The number of amides is 1. The first-order chi connectivity index (χ1) is 12.3. The maximum absolute atomic E-state index is 13.2. The van der Waals surface area contributed by atoms with Gasteiger partial charge in [0, 0.05) is 23.5 Å². The molecule has 0 spiro atoms. The largest absolute Gasteiger partial charge is 0.497 e. The maximum atomic E-state index is 13.2. The number of nitrogens with zero attached hydrogens (tertiary/aromatic N) is 3. The minimum Gasteiger partial charge on any atom is -0.497 e. The van der Waals surface area contributed by atoms with Crippen LogP contribution in [0.3, 0.4) is 0 Å². The van der Waals surface area contributed by atoms with E-state index in [0.717, 1.165) is 0 Å². The summed E-state index contributed by atoms with van der Waals surface area (Å²) in [5.41, 5.74) is -3.43. The predicted octanol–water partition coefficient (Wildman–Crippen LogP) is 2.70. The van der Waals surface area contributed by atoms with Gasteiger partial charge in [0.25, 0.3) is 5.91 Å². The van der Waals surface area contributed by atoms with Crippen LogP contribution in [0.4, 0.5) is 13.2 Å². The fourth-order valence-corrected chi connectivity index (χ4v) is 2.63. The first-order valence-electron chi connectivity index (χ1n) is 7.52. The molecule has 1 atom stereocenters. The molecule has 26 heavy (non-hydrogen) atoms. The van der Waals surface area contributed by atoms with E-state index in [2.05, 4.69) is 10.1 Å². The third kappa shape index (κ3) is 3.13. The minimum absolute atomic E-state index is 0.0495. The van der Waals surface area contributed by atoms with Gasteiger partial charge in [0.1, 0.15) is 11.5 Å². The first-order valence-corrected chi connectivity index (χ1v) is 7.52. The van der Waals surface area contributed by atoms with Gasteiger partial charge < -0.3 is 9.84 Å². The molecule has 1 aromatic heterocycles. The molecule has 3 rings (SSSR count). The van der Waals surface area contributed by atoms with E-state index in [-0.39, 0.29) is 11.1 Å². The second-order valence-electron chi connectivity index (χ2n) is 5.62. The van der Waals surface area contributed by atoms with Gasteiger partial charge >= 0.3 is 6.18 Å². The molecule has 6 nitrogen and oxygen atoms in total. The van der Waals surface area contributed by atoms with Crippen LogP contribution < -0.4 is 4.74 Å². The fraction of sp³-hybridized carbons (Fsp3) is 0.235. The van der Waals surface area contributed by atoms with Gasteiger partial charge in [-0.15, -0.1) is 0 Å². The minimum atomic E-state index is -4.78. The smallest absolute Gasteiger partial charge is 0.431 e. The molecule has 0 saturated carbocycles. The average Bonchev–Trinajstić information content (AvgIpc) is 3.01. The lowest BCUT2D eigenvalue weighted by Crippen LogP contribution is -2.43. The second kappa shape index (κ2) is 6.41. The Bertz CT molecular complexity index is 855. The standard InChI is InChI=1S/C17H14F3N3O3/c1-26-13-4-2-3-12(9-13)16(25)10-14(17(18,19)20)22-23(16)15(24)11-5-7-21-8-6-11/h2-9,25H,10H2,1H3. The highest BCUT2D eigenvalue weighted by Crippen LogP contribution is 2.41. The first kappa shape index (κ1) is 17.9. The monoisotopic (exact) mass is 365 g/mol. The molecule has 0 aliphatic carbocycles. The van der Waals surface area contributed by atoms with E-state index in [1.54, 1.807) is 6.07 Å². The number of aliphatic hydroxyl groups is 1. The second-order valence-corrected chi connectivity index (χ2v) is 5.62. The van der Waals surface area contributed by atoms with Gasteiger partial charge in [-0.1, -0.05) is 12.1 Å². The summed E-state index contributed by atoms with van der Waals surface area (Å²) in [6.07, 6.45) is -3.02. The Morgan fingerprint density at radius 2 is 1.96 bits per heavy atom. The fourth-order valence-electron chi connectivity index (χ4n) is 2.63. The van der Waals surface area contributed by atoms with E-state index in [0.29, 0.717) is 10.8 Å². The van der Waals surface area contributed by atoms with E-state index in [1.807, 2.05) is 0 Å². The molecule has 0 bridgehead atoms. The molecule has 1 amide bonds. The lowest BCUT2D eigenvalue weighted by molar-refractivity contribution is -0.0816. The van der Waals surface area contributed by atoms with Gasteiger partial charge in [0.15, 0.2) is 5.72 Å². The maximum Gasteiger partial charge on any atom is 0.431 e. The number of hydrogen-bond donors (Lipinski definition) is 1. The van der Waals surface area contributed by atoms with Crippen LogP contribution in [0.1, 0.15) is 22.3 Å². The zero-order valence-electron chi connectivity index (χ0n) is 13.6. The summed E-state index contributed by atoms with van der Waals surface area (Å²) in [5, 5.41) is 14.9. The lowest BCUT2D eigenvalue weighted by Gasteiger charge is -2.31. The molecule has 9 heteroatoms. The third-order valence-electron chi connectivity index (χ3n) is 3.96. The van der Waals surface area contributed by atoms with Crippen molar-refractivity contribution in [1.82, 2.24) is 9.99 Å². The van der Waals surface area contributed by atoms with Crippen LogP contribution in [0, 0.1) is 0 Å². The quantitative estimate of drug-likeness (QED) is 0.908. The number of pyridine rings is 1. The summed E-state index contributed by atoms with van der Waals surface area (Å²) in [6.45, 7) is 0. The molecular formula is C17H14F3N3O3. The van der Waals surface area contributed by atoms with Crippen molar-refractivity contribution in [3.63, 3.8) is 0 Å². The average molecular weight is 365 g/mol. The van der Waals surface area contributed by atoms with Gasteiger partial charge in [0.05, 0.1) is 13.5 Å². The number of alkyl halides is 3. The number of methoxy groups -OCH3 is 1. The summed E-state index contributed by atoms with van der Waals surface area (Å²) < 4.78 is 44.6. The molecule has 136 valence electrons. The molecule has 2 aromatic rings. The summed E-state index contributed by atoms with van der Waals surface area (Å²) >= 11 is 0. The van der Waals surface area contributed by atoms with Crippen molar-refractivity contribution >= 4 is 11.6 Å². The predicted molar refractivity (Wildman–Crippen MR) is 85.4 cm³/mol. The van der Waals surface area contributed by atoms with Crippen molar-refractivity contribution in [2.24, 2.45) is 5.10 Å². The van der Waals surface area contributed by atoms with Crippen molar-refractivity contribution < 1.29 is 27.8 Å². The summed E-state index contributed by atoms with van der Waals surface area (Å²) in [6, 6.07) is 8.51. The third-order valence-corrected chi connectivity index (χ3v) is 3.96. The van der Waals surface area contributed by atoms with E-state index >= 15 is 0 Å². The molecule has 1 unspecified atom stereocenters. The van der Waals surface area contributed by atoms with Gasteiger partial charge in [-0.2, -0.15) is 23.3 Å². The number of ether oxygens (including phenoxy) is 1. The Hall–Kier alpha value is -2.94. The highest BCUT2D eigenvalue weighted by Gasteiger charge is 2.53. The Balaban J connectivity index is 2.09. The molecule has 0 fully saturated rings. The van der Waals surface area contributed by atoms with Crippen molar-refractivity contribution in [2.45, 2.75) is 18.3 Å². The Morgan fingerprint density at radius 1 is 1.27 bits per heavy atom. The molecule has 1 N–H and O–H groups in total. The molecule has 0 radical (unpaired) electrons. The van der Waals surface area contributed by atoms with Crippen molar-refractivity contribution in [1.29, 1.82) is 0 Å². The van der Waals surface area contributed by atoms with E-state index in [9.17, 15) is 23.1 Å². The van der Waals surface area contributed by atoms with E-state index in [1.165, 1.54) is 49.8 Å². The van der Waals surface area contributed by atoms with Gasteiger partial charge in [0.2, 0.25) is 0 Å². The Morgan fingerprint density at radius 3 is 2.58 bits per heavy atom. The van der Waals surface area contributed by atoms with E-state index < -0.39 is 29.9 Å². The number of rotatable bonds is 3.